The lowest BCUT2D eigenvalue weighted by Crippen LogP contribution is -2.54. The van der Waals surface area contributed by atoms with E-state index >= 15 is 0 Å². The van der Waals surface area contributed by atoms with E-state index in [0.29, 0.717) is 5.92 Å². The molecule has 0 spiro atoms. The molecule has 3 N–H and O–H groups in total. The fourth-order valence-corrected chi connectivity index (χ4v) is 1.56. The number of hydrogen-bond donors (Lipinski definition) is 2. The summed E-state index contributed by atoms with van der Waals surface area (Å²) in [6, 6.07) is 0.172. The van der Waals surface area contributed by atoms with Crippen LogP contribution in [0.3, 0.4) is 0 Å². The molecule has 0 saturated carbocycles. The van der Waals surface area contributed by atoms with E-state index < -0.39 is 5.54 Å². The van der Waals surface area contributed by atoms with Gasteiger partial charge in [-0.05, 0) is 40.3 Å². The van der Waals surface area contributed by atoms with Gasteiger partial charge in [0.1, 0.15) is 0 Å². The van der Waals surface area contributed by atoms with Crippen molar-refractivity contribution < 1.29 is 4.79 Å². The Morgan fingerprint density at radius 2 is 1.72 bits per heavy atom. The summed E-state index contributed by atoms with van der Waals surface area (Å²) in [5.74, 6) is 0.478. The molecule has 0 bridgehead atoms. The van der Waals surface area contributed by atoms with Crippen LogP contribution in [0, 0.1) is 5.92 Å². The van der Waals surface area contributed by atoms with E-state index in [0.717, 1.165) is 13.0 Å². The van der Waals surface area contributed by atoms with Crippen molar-refractivity contribution in [2.45, 2.75) is 45.7 Å². The molecule has 1 unspecified atom stereocenters. The molecular formula is C12H29Cl2N3O. The minimum atomic E-state index is -0.804. The first-order valence-corrected chi connectivity index (χ1v) is 5.87. The normalized spacial score (nSPS) is 12.7. The maximum atomic E-state index is 11.8. The average molecular weight is 302 g/mol. The van der Waals surface area contributed by atoms with Gasteiger partial charge in [-0.15, -0.1) is 24.8 Å². The van der Waals surface area contributed by atoms with E-state index in [1.54, 1.807) is 13.8 Å². The van der Waals surface area contributed by atoms with Crippen molar-refractivity contribution in [3.8, 4) is 0 Å². The summed E-state index contributed by atoms with van der Waals surface area (Å²) in [6.07, 6.45) is 0.972. The predicted molar refractivity (Wildman–Crippen MR) is 82.7 cm³/mol. The van der Waals surface area contributed by atoms with Crippen molar-refractivity contribution in [1.29, 1.82) is 0 Å². The second-order valence-electron chi connectivity index (χ2n) is 5.78. The van der Waals surface area contributed by atoms with Crippen molar-refractivity contribution in [2.75, 3.05) is 20.6 Å². The quantitative estimate of drug-likeness (QED) is 0.784. The zero-order valence-electron chi connectivity index (χ0n) is 12.3. The first kappa shape index (κ1) is 23.1. The van der Waals surface area contributed by atoms with Crippen LogP contribution in [-0.4, -0.2) is 43.0 Å². The van der Waals surface area contributed by atoms with E-state index in [2.05, 4.69) is 24.1 Å². The molecule has 0 heterocycles. The largest absolute Gasteiger partial charge is 0.350 e. The molecule has 0 aromatic heterocycles. The van der Waals surface area contributed by atoms with Crippen molar-refractivity contribution in [3.05, 3.63) is 0 Å². The maximum absolute atomic E-state index is 11.8. The topological polar surface area (TPSA) is 58.4 Å². The van der Waals surface area contributed by atoms with Crippen LogP contribution in [0.2, 0.25) is 0 Å². The van der Waals surface area contributed by atoms with Gasteiger partial charge in [0, 0.05) is 12.6 Å². The molecular weight excluding hydrogens is 273 g/mol. The van der Waals surface area contributed by atoms with Crippen molar-refractivity contribution in [2.24, 2.45) is 11.7 Å². The molecule has 0 aromatic rings. The lowest BCUT2D eigenvalue weighted by Gasteiger charge is -2.27. The lowest BCUT2D eigenvalue weighted by molar-refractivity contribution is -0.126. The number of nitrogens with one attached hydrogen (secondary N) is 1. The number of amides is 1. The first-order valence-electron chi connectivity index (χ1n) is 5.87. The van der Waals surface area contributed by atoms with Crippen LogP contribution in [0.5, 0.6) is 0 Å². The highest BCUT2D eigenvalue weighted by Crippen LogP contribution is 2.07. The summed E-state index contributed by atoms with van der Waals surface area (Å²) in [6.45, 7) is 8.61. The number of carbonyl (C=O) groups is 1. The minimum absolute atomic E-state index is 0. The second-order valence-corrected chi connectivity index (χ2v) is 5.78. The van der Waals surface area contributed by atoms with Gasteiger partial charge in [-0.2, -0.15) is 0 Å². The van der Waals surface area contributed by atoms with Gasteiger partial charge in [-0.1, -0.05) is 13.8 Å². The molecule has 0 saturated heterocycles. The Kier molecular flexibility index (Phi) is 12.6. The number of halogens is 2. The first-order chi connectivity index (χ1) is 7.12. The third kappa shape index (κ3) is 11.1. The highest BCUT2D eigenvalue weighted by molar-refractivity contribution is 5.86. The van der Waals surface area contributed by atoms with Crippen molar-refractivity contribution >= 4 is 30.7 Å². The molecule has 0 aliphatic rings. The summed E-state index contributed by atoms with van der Waals surface area (Å²) < 4.78 is 0. The summed E-state index contributed by atoms with van der Waals surface area (Å²) in [5.41, 5.74) is 4.96. The Morgan fingerprint density at radius 3 is 2.00 bits per heavy atom. The van der Waals surface area contributed by atoms with Gasteiger partial charge in [-0.3, -0.25) is 4.79 Å². The molecule has 6 heteroatoms. The third-order valence-electron chi connectivity index (χ3n) is 2.26. The van der Waals surface area contributed by atoms with Crippen LogP contribution in [0.1, 0.15) is 34.1 Å². The predicted octanol–water partition coefficient (Wildman–Crippen LogP) is 1.66. The molecule has 4 nitrogen and oxygen atoms in total. The average Bonchev–Trinajstić information content (AvgIpc) is 1.98. The summed E-state index contributed by atoms with van der Waals surface area (Å²) in [7, 11) is 4.01. The second kappa shape index (κ2) is 9.84. The standard InChI is InChI=1S/C12H27N3O.2ClH/c1-9(2)7-10(8-15(5)6)14-11(16)12(3,4)13;;/h9-10H,7-8,13H2,1-6H3,(H,14,16);2*1H. The summed E-state index contributed by atoms with van der Waals surface area (Å²) in [5, 5.41) is 3.01. The monoisotopic (exact) mass is 301 g/mol. The smallest absolute Gasteiger partial charge is 0.239 e. The van der Waals surface area contributed by atoms with Crippen LogP contribution in [0.4, 0.5) is 0 Å². The highest BCUT2D eigenvalue weighted by Gasteiger charge is 2.25. The van der Waals surface area contributed by atoms with Crippen LogP contribution in [0.25, 0.3) is 0 Å². The van der Waals surface area contributed by atoms with Gasteiger partial charge in [0.05, 0.1) is 5.54 Å². The molecule has 1 atom stereocenters. The highest BCUT2D eigenvalue weighted by atomic mass is 35.5. The van der Waals surface area contributed by atoms with E-state index in [-0.39, 0.29) is 36.8 Å². The van der Waals surface area contributed by atoms with Crippen molar-refractivity contribution in [1.82, 2.24) is 10.2 Å². The molecule has 18 heavy (non-hydrogen) atoms. The zero-order valence-corrected chi connectivity index (χ0v) is 14.0. The molecule has 0 rings (SSSR count). The van der Waals surface area contributed by atoms with Gasteiger partial charge < -0.3 is 16.0 Å². The Hall–Kier alpha value is -0.0300. The van der Waals surface area contributed by atoms with E-state index in [4.69, 9.17) is 5.73 Å². The SMILES string of the molecule is CC(C)CC(CN(C)C)NC(=O)C(C)(C)N.Cl.Cl. The Labute approximate surface area is 124 Å². The van der Waals surface area contributed by atoms with E-state index in [1.165, 1.54) is 0 Å². The third-order valence-corrected chi connectivity index (χ3v) is 2.26. The van der Waals surface area contributed by atoms with E-state index in [1.807, 2.05) is 14.1 Å². The van der Waals surface area contributed by atoms with Gasteiger partial charge in [0.2, 0.25) is 5.91 Å². The Balaban J connectivity index is -0.00000112. The summed E-state index contributed by atoms with van der Waals surface area (Å²) >= 11 is 0. The van der Waals surface area contributed by atoms with Gasteiger partial charge in [0.15, 0.2) is 0 Å². The summed E-state index contributed by atoms with van der Waals surface area (Å²) in [4.78, 5) is 13.9. The number of nitrogens with zero attached hydrogens (tertiary/aromatic N) is 1. The fourth-order valence-electron chi connectivity index (χ4n) is 1.56. The molecule has 0 fully saturated rings. The number of carbonyl (C=O) groups excluding carboxylic acids is 1. The van der Waals surface area contributed by atoms with Crippen LogP contribution >= 0.6 is 24.8 Å². The number of likely N-dealkylation sites (N-methyl/N-ethyl adjacent to an activating group) is 1. The van der Waals surface area contributed by atoms with Gasteiger partial charge in [-0.25, -0.2) is 0 Å². The zero-order chi connectivity index (χ0) is 12.9. The Morgan fingerprint density at radius 1 is 1.28 bits per heavy atom. The van der Waals surface area contributed by atoms with Crippen LogP contribution in [-0.2, 0) is 4.79 Å². The molecule has 0 aliphatic carbocycles. The lowest BCUT2D eigenvalue weighted by atomic mass is 10.0. The molecule has 0 aromatic carbocycles. The maximum Gasteiger partial charge on any atom is 0.239 e. The minimum Gasteiger partial charge on any atom is -0.350 e. The number of nitrogens with two attached hydrogens (primary N) is 1. The van der Waals surface area contributed by atoms with Crippen LogP contribution in [0.15, 0.2) is 0 Å². The molecule has 1 amide bonds. The van der Waals surface area contributed by atoms with Gasteiger partial charge in [0.25, 0.3) is 0 Å². The van der Waals surface area contributed by atoms with Crippen LogP contribution < -0.4 is 11.1 Å². The van der Waals surface area contributed by atoms with Gasteiger partial charge >= 0.3 is 0 Å². The molecule has 0 radical (unpaired) electrons. The Bertz CT molecular complexity index is 218. The van der Waals surface area contributed by atoms with E-state index in [9.17, 15) is 4.79 Å². The number of hydrogen-bond acceptors (Lipinski definition) is 3. The van der Waals surface area contributed by atoms with Crippen molar-refractivity contribution in [3.63, 3.8) is 0 Å². The molecule has 0 aliphatic heterocycles. The molecule has 112 valence electrons. The number of rotatable bonds is 6. The fraction of sp³-hybridized carbons (Fsp3) is 0.917.